The molecule has 4 aromatic rings. The predicted octanol–water partition coefficient (Wildman–Crippen LogP) is 5.26. The van der Waals surface area contributed by atoms with Gasteiger partial charge in [-0.15, -0.1) is 0 Å². The van der Waals surface area contributed by atoms with E-state index in [0.29, 0.717) is 22.6 Å². The van der Waals surface area contributed by atoms with Crippen molar-refractivity contribution in [2.24, 2.45) is 0 Å². The number of carbonyl (C=O) groups is 3. The first kappa shape index (κ1) is 23.8. The van der Waals surface area contributed by atoms with Crippen molar-refractivity contribution < 1.29 is 29.0 Å². The van der Waals surface area contributed by atoms with Crippen LogP contribution in [-0.2, 0) is 14.3 Å². The van der Waals surface area contributed by atoms with E-state index >= 15 is 0 Å². The number of hydrogen-bond donors (Lipinski definition) is 1. The third kappa shape index (κ3) is 4.21. The molecule has 184 valence electrons. The van der Waals surface area contributed by atoms with Crippen molar-refractivity contribution in [3.05, 3.63) is 113 Å². The van der Waals surface area contributed by atoms with Gasteiger partial charge in [-0.25, -0.2) is 4.79 Å². The van der Waals surface area contributed by atoms with Crippen molar-refractivity contribution in [2.75, 3.05) is 19.1 Å². The SMILES string of the molecule is COC(=O)c1cccc(N2C(=O)C(=O)/C(=C(\O)c3ccc4ccccc4c3)C2c2ccc(OC)cc2)c1. The number of ether oxygens (including phenoxy) is 2. The third-order valence-corrected chi connectivity index (χ3v) is 6.44. The summed E-state index contributed by atoms with van der Waals surface area (Å²) in [6, 6.07) is 25.3. The monoisotopic (exact) mass is 493 g/mol. The average molecular weight is 494 g/mol. The maximum absolute atomic E-state index is 13.4. The highest BCUT2D eigenvalue weighted by atomic mass is 16.5. The second-order valence-corrected chi connectivity index (χ2v) is 8.55. The van der Waals surface area contributed by atoms with Gasteiger partial charge in [-0.05, 0) is 52.7 Å². The van der Waals surface area contributed by atoms with Crippen LogP contribution in [0.25, 0.3) is 16.5 Å². The van der Waals surface area contributed by atoms with Crippen LogP contribution in [0.15, 0.2) is 96.6 Å². The Morgan fingerprint density at radius 2 is 1.54 bits per heavy atom. The molecule has 4 aromatic carbocycles. The molecule has 1 fully saturated rings. The van der Waals surface area contributed by atoms with Gasteiger partial charge in [0.1, 0.15) is 11.5 Å². The predicted molar refractivity (Wildman–Crippen MR) is 140 cm³/mol. The average Bonchev–Trinajstić information content (AvgIpc) is 3.21. The second-order valence-electron chi connectivity index (χ2n) is 8.55. The summed E-state index contributed by atoms with van der Waals surface area (Å²) in [6.07, 6.45) is 0. The quantitative estimate of drug-likeness (QED) is 0.176. The van der Waals surface area contributed by atoms with E-state index in [4.69, 9.17) is 9.47 Å². The Morgan fingerprint density at radius 1 is 0.811 bits per heavy atom. The Hall–Kier alpha value is -4.91. The van der Waals surface area contributed by atoms with Gasteiger partial charge < -0.3 is 14.6 Å². The number of nitrogens with zero attached hydrogens (tertiary/aromatic N) is 1. The first-order valence-electron chi connectivity index (χ1n) is 11.6. The topological polar surface area (TPSA) is 93.1 Å². The van der Waals surface area contributed by atoms with E-state index in [2.05, 4.69) is 0 Å². The molecule has 0 bridgehead atoms. The maximum Gasteiger partial charge on any atom is 0.337 e. The molecule has 1 aliphatic heterocycles. The largest absolute Gasteiger partial charge is 0.507 e. The molecule has 1 heterocycles. The summed E-state index contributed by atoms with van der Waals surface area (Å²) in [5.74, 6) is -1.89. The van der Waals surface area contributed by atoms with Crippen molar-refractivity contribution >= 4 is 39.9 Å². The molecule has 0 saturated carbocycles. The molecular formula is C30H23NO6. The van der Waals surface area contributed by atoms with E-state index in [1.165, 1.54) is 18.1 Å². The lowest BCUT2D eigenvalue weighted by Crippen LogP contribution is -2.29. The maximum atomic E-state index is 13.4. The number of aliphatic hydroxyl groups is 1. The normalized spacial score (nSPS) is 16.7. The molecule has 1 N–H and O–H groups in total. The van der Waals surface area contributed by atoms with Gasteiger partial charge in [-0.3, -0.25) is 14.5 Å². The number of hydrogen-bond acceptors (Lipinski definition) is 6. The molecule has 0 aliphatic carbocycles. The van der Waals surface area contributed by atoms with Gasteiger partial charge in [-0.2, -0.15) is 0 Å². The highest BCUT2D eigenvalue weighted by Gasteiger charge is 2.47. The van der Waals surface area contributed by atoms with Crippen molar-refractivity contribution in [1.29, 1.82) is 0 Å². The Labute approximate surface area is 213 Å². The minimum atomic E-state index is -0.940. The van der Waals surface area contributed by atoms with Crippen LogP contribution in [0.4, 0.5) is 5.69 Å². The van der Waals surface area contributed by atoms with Crippen LogP contribution < -0.4 is 9.64 Å². The summed E-state index contributed by atoms with van der Waals surface area (Å²) in [6.45, 7) is 0. The highest BCUT2D eigenvalue weighted by molar-refractivity contribution is 6.51. The molecule has 5 rings (SSSR count). The number of amides is 1. The summed E-state index contributed by atoms with van der Waals surface area (Å²) in [4.78, 5) is 40.3. The number of carbonyl (C=O) groups excluding carboxylic acids is 3. The Kier molecular flexibility index (Phi) is 6.19. The van der Waals surface area contributed by atoms with Gasteiger partial charge in [0, 0.05) is 11.3 Å². The van der Waals surface area contributed by atoms with Crippen LogP contribution in [0.2, 0.25) is 0 Å². The van der Waals surface area contributed by atoms with E-state index in [1.807, 2.05) is 30.3 Å². The van der Waals surface area contributed by atoms with Gasteiger partial charge in [0.15, 0.2) is 0 Å². The Morgan fingerprint density at radius 3 is 2.24 bits per heavy atom. The van der Waals surface area contributed by atoms with Gasteiger partial charge in [0.25, 0.3) is 11.7 Å². The van der Waals surface area contributed by atoms with Gasteiger partial charge in [0.05, 0.1) is 31.4 Å². The smallest absolute Gasteiger partial charge is 0.337 e. The van der Waals surface area contributed by atoms with E-state index in [0.717, 1.165) is 10.8 Å². The molecule has 37 heavy (non-hydrogen) atoms. The van der Waals surface area contributed by atoms with E-state index in [1.54, 1.807) is 61.7 Å². The van der Waals surface area contributed by atoms with Crippen LogP contribution in [0, 0.1) is 0 Å². The Bertz CT molecular complexity index is 1570. The summed E-state index contributed by atoms with van der Waals surface area (Å²) in [7, 11) is 2.81. The van der Waals surface area contributed by atoms with Gasteiger partial charge >= 0.3 is 5.97 Å². The minimum absolute atomic E-state index is 0.0473. The lowest BCUT2D eigenvalue weighted by atomic mass is 9.94. The number of benzene rings is 4. The fourth-order valence-corrected chi connectivity index (χ4v) is 4.59. The van der Waals surface area contributed by atoms with Gasteiger partial charge in [0.2, 0.25) is 0 Å². The molecular weight excluding hydrogens is 470 g/mol. The van der Waals surface area contributed by atoms with Crippen LogP contribution >= 0.6 is 0 Å². The molecule has 1 saturated heterocycles. The standard InChI is InChI=1S/C30H23NO6/c1-36-24-14-12-19(13-15-24)26-25(27(32)21-11-10-18-6-3-4-7-20(18)16-21)28(33)29(34)31(26)23-9-5-8-22(17-23)30(35)37-2/h3-17,26,32H,1-2H3/b27-25-. The van der Waals surface area contributed by atoms with Crippen LogP contribution in [0.3, 0.4) is 0 Å². The number of esters is 1. The highest BCUT2D eigenvalue weighted by Crippen LogP contribution is 2.43. The van der Waals surface area contributed by atoms with Crippen LogP contribution in [0.5, 0.6) is 5.75 Å². The Balaban J connectivity index is 1.71. The van der Waals surface area contributed by atoms with Crippen molar-refractivity contribution in [3.63, 3.8) is 0 Å². The zero-order valence-electron chi connectivity index (χ0n) is 20.2. The van der Waals surface area contributed by atoms with Gasteiger partial charge in [-0.1, -0.05) is 54.6 Å². The fraction of sp³-hybridized carbons (Fsp3) is 0.100. The molecule has 1 aliphatic rings. The number of Topliss-reactive ketones (excluding diaryl/α,β-unsaturated/α-hetero) is 1. The molecule has 0 spiro atoms. The van der Waals surface area contributed by atoms with Crippen molar-refractivity contribution in [1.82, 2.24) is 0 Å². The van der Waals surface area contributed by atoms with Crippen LogP contribution in [-0.4, -0.2) is 37.0 Å². The van der Waals surface area contributed by atoms with E-state index in [9.17, 15) is 19.5 Å². The van der Waals surface area contributed by atoms with Crippen molar-refractivity contribution in [3.8, 4) is 5.75 Å². The number of ketones is 1. The molecule has 7 nitrogen and oxygen atoms in total. The summed E-state index contributed by atoms with van der Waals surface area (Å²) < 4.78 is 10.1. The lowest BCUT2D eigenvalue weighted by Gasteiger charge is -2.26. The molecule has 1 amide bonds. The first-order valence-corrected chi connectivity index (χ1v) is 11.6. The van der Waals surface area contributed by atoms with E-state index in [-0.39, 0.29) is 16.9 Å². The summed E-state index contributed by atoms with van der Waals surface area (Å²) in [5, 5.41) is 13.3. The fourth-order valence-electron chi connectivity index (χ4n) is 4.59. The molecule has 0 aromatic heterocycles. The number of rotatable bonds is 5. The number of methoxy groups -OCH3 is 2. The minimum Gasteiger partial charge on any atom is -0.507 e. The van der Waals surface area contributed by atoms with Crippen LogP contribution in [0.1, 0.15) is 27.5 Å². The molecule has 1 atom stereocenters. The second kappa shape index (κ2) is 9.62. The van der Waals surface area contributed by atoms with Crippen molar-refractivity contribution in [2.45, 2.75) is 6.04 Å². The molecule has 0 radical (unpaired) electrons. The lowest BCUT2D eigenvalue weighted by molar-refractivity contribution is -0.132. The zero-order valence-corrected chi connectivity index (χ0v) is 20.2. The number of anilines is 1. The number of aliphatic hydroxyl groups excluding tert-OH is 1. The van der Waals surface area contributed by atoms with E-state index < -0.39 is 23.7 Å². The molecule has 7 heteroatoms. The number of fused-ring (bicyclic) bond motifs is 1. The first-order chi connectivity index (χ1) is 17.9. The zero-order chi connectivity index (χ0) is 26.1. The molecule has 1 unspecified atom stereocenters. The third-order valence-electron chi connectivity index (χ3n) is 6.44. The summed E-state index contributed by atoms with van der Waals surface area (Å²) in [5.41, 5.74) is 1.51. The summed E-state index contributed by atoms with van der Waals surface area (Å²) >= 11 is 0.